The van der Waals surface area contributed by atoms with Crippen LogP contribution in [0.2, 0.25) is 0 Å². The maximum atomic E-state index is 11.3. The molecule has 0 heterocycles. The van der Waals surface area contributed by atoms with Gasteiger partial charge in [0.25, 0.3) is 0 Å². The van der Waals surface area contributed by atoms with Crippen LogP contribution < -0.4 is 11.1 Å². The number of amides is 2. The van der Waals surface area contributed by atoms with Crippen LogP contribution in [0.4, 0.5) is 5.69 Å². The Kier molecular flexibility index (Phi) is 4.34. The van der Waals surface area contributed by atoms with Crippen LogP contribution in [-0.2, 0) is 9.59 Å². The van der Waals surface area contributed by atoms with E-state index >= 15 is 0 Å². The van der Waals surface area contributed by atoms with E-state index < -0.39 is 0 Å². The van der Waals surface area contributed by atoms with Crippen molar-refractivity contribution in [3.8, 4) is 0 Å². The van der Waals surface area contributed by atoms with Crippen LogP contribution in [-0.4, -0.2) is 11.8 Å². The molecule has 0 aliphatic rings. The van der Waals surface area contributed by atoms with Gasteiger partial charge in [0, 0.05) is 18.5 Å². The molecule has 0 radical (unpaired) electrons. The number of benzene rings is 1. The Labute approximate surface area is 88.5 Å². The molecule has 4 heteroatoms. The third kappa shape index (κ3) is 4.81. The second-order valence-corrected chi connectivity index (χ2v) is 3.23. The van der Waals surface area contributed by atoms with Crippen LogP contribution in [0.25, 0.3) is 0 Å². The summed E-state index contributed by atoms with van der Waals surface area (Å²) < 4.78 is 0. The van der Waals surface area contributed by atoms with Crippen LogP contribution in [0.1, 0.15) is 19.3 Å². The van der Waals surface area contributed by atoms with Crippen LogP contribution in [0.5, 0.6) is 0 Å². The molecule has 80 valence electrons. The summed E-state index contributed by atoms with van der Waals surface area (Å²) in [4.78, 5) is 21.8. The molecule has 0 fully saturated rings. The number of anilines is 1. The van der Waals surface area contributed by atoms with E-state index in [0.29, 0.717) is 12.8 Å². The van der Waals surface area contributed by atoms with E-state index in [1.54, 1.807) is 0 Å². The number of hydrogen-bond donors (Lipinski definition) is 2. The van der Waals surface area contributed by atoms with Crippen molar-refractivity contribution < 1.29 is 9.59 Å². The molecule has 1 aromatic carbocycles. The normalized spacial score (nSPS) is 9.60. The lowest BCUT2D eigenvalue weighted by atomic mass is 10.2. The maximum absolute atomic E-state index is 11.3. The summed E-state index contributed by atoms with van der Waals surface area (Å²) in [7, 11) is 0. The minimum Gasteiger partial charge on any atom is -0.370 e. The van der Waals surface area contributed by atoms with E-state index in [0.717, 1.165) is 5.69 Å². The molecular formula is C11H14N2O2. The van der Waals surface area contributed by atoms with Gasteiger partial charge in [-0.05, 0) is 18.6 Å². The summed E-state index contributed by atoms with van der Waals surface area (Å²) in [6.45, 7) is 0. The summed E-state index contributed by atoms with van der Waals surface area (Å²) in [5, 5.41) is 2.72. The molecule has 0 saturated heterocycles. The first-order chi connectivity index (χ1) is 7.18. The van der Waals surface area contributed by atoms with Gasteiger partial charge < -0.3 is 11.1 Å². The molecule has 3 N–H and O–H groups in total. The topological polar surface area (TPSA) is 72.2 Å². The van der Waals surface area contributed by atoms with Gasteiger partial charge in [-0.25, -0.2) is 0 Å². The minimum absolute atomic E-state index is 0.0950. The monoisotopic (exact) mass is 206 g/mol. The van der Waals surface area contributed by atoms with Gasteiger partial charge in [0.1, 0.15) is 0 Å². The minimum atomic E-state index is -0.373. The Balaban J connectivity index is 2.28. The Bertz CT molecular complexity index is 336. The number of nitrogens with two attached hydrogens (primary N) is 1. The number of primary amides is 1. The number of rotatable bonds is 5. The molecule has 1 aromatic rings. The van der Waals surface area contributed by atoms with E-state index in [-0.39, 0.29) is 18.2 Å². The first-order valence-corrected chi connectivity index (χ1v) is 4.81. The maximum Gasteiger partial charge on any atom is 0.224 e. The van der Waals surface area contributed by atoms with Crippen LogP contribution in [0.15, 0.2) is 30.3 Å². The van der Waals surface area contributed by atoms with E-state index in [1.807, 2.05) is 30.3 Å². The third-order valence-corrected chi connectivity index (χ3v) is 1.88. The van der Waals surface area contributed by atoms with Crippen LogP contribution in [0, 0.1) is 0 Å². The highest BCUT2D eigenvalue weighted by Crippen LogP contribution is 2.06. The van der Waals surface area contributed by atoms with Gasteiger partial charge >= 0.3 is 0 Å². The SMILES string of the molecule is NC(=O)CCCC(=O)Nc1ccccc1. The number of para-hydroxylation sites is 1. The van der Waals surface area contributed by atoms with Crippen molar-refractivity contribution in [3.05, 3.63) is 30.3 Å². The zero-order valence-electron chi connectivity index (χ0n) is 8.40. The molecule has 2 amide bonds. The van der Waals surface area contributed by atoms with Gasteiger partial charge in [-0.3, -0.25) is 9.59 Å². The standard InChI is InChI=1S/C11H14N2O2/c12-10(14)7-4-8-11(15)13-9-5-2-1-3-6-9/h1-3,5-6H,4,7-8H2,(H2,12,14)(H,13,15). The molecule has 1 rings (SSSR count). The lowest BCUT2D eigenvalue weighted by Gasteiger charge is -2.03. The number of carbonyl (C=O) groups is 2. The van der Waals surface area contributed by atoms with E-state index in [1.165, 1.54) is 0 Å². The quantitative estimate of drug-likeness (QED) is 0.761. The van der Waals surface area contributed by atoms with Gasteiger partial charge in [-0.15, -0.1) is 0 Å². The highest BCUT2D eigenvalue weighted by atomic mass is 16.2. The first kappa shape index (κ1) is 11.2. The summed E-state index contributed by atoms with van der Waals surface area (Å²) in [6.07, 6.45) is 1.06. The predicted octanol–water partition coefficient (Wildman–Crippen LogP) is 1.28. The van der Waals surface area contributed by atoms with Crippen molar-refractivity contribution in [1.82, 2.24) is 0 Å². The Morgan fingerprint density at radius 2 is 1.80 bits per heavy atom. The molecule has 0 bridgehead atoms. The molecular weight excluding hydrogens is 192 g/mol. The van der Waals surface area contributed by atoms with Crippen molar-refractivity contribution in [2.75, 3.05) is 5.32 Å². The lowest BCUT2D eigenvalue weighted by Crippen LogP contribution is -2.14. The van der Waals surface area contributed by atoms with Crippen molar-refractivity contribution in [2.24, 2.45) is 5.73 Å². The molecule has 0 spiro atoms. The summed E-state index contributed by atoms with van der Waals surface area (Å²) in [6, 6.07) is 9.19. The van der Waals surface area contributed by atoms with Crippen molar-refractivity contribution in [1.29, 1.82) is 0 Å². The largest absolute Gasteiger partial charge is 0.370 e. The van der Waals surface area contributed by atoms with E-state index in [2.05, 4.69) is 5.32 Å². The Hall–Kier alpha value is -1.84. The number of nitrogens with one attached hydrogen (secondary N) is 1. The highest BCUT2D eigenvalue weighted by molar-refractivity contribution is 5.90. The summed E-state index contributed by atoms with van der Waals surface area (Å²) in [5.41, 5.74) is 5.73. The molecule has 0 aliphatic heterocycles. The molecule has 0 atom stereocenters. The second kappa shape index (κ2) is 5.80. The summed E-state index contributed by atoms with van der Waals surface area (Å²) >= 11 is 0. The first-order valence-electron chi connectivity index (χ1n) is 4.81. The fourth-order valence-corrected chi connectivity index (χ4v) is 1.17. The summed E-state index contributed by atoms with van der Waals surface area (Å²) in [5.74, 6) is -0.468. The fraction of sp³-hybridized carbons (Fsp3) is 0.273. The van der Waals surface area contributed by atoms with Crippen molar-refractivity contribution in [2.45, 2.75) is 19.3 Å². The Morgan fingerprint density at radius 1 is 1.13 bits per heavy atom. The fourth-order valence-electron chi connectivity index (χ4n) is 1.17. The van der Waals surface area contributed by atoms with Gasteiger partial charge in [-0.1, -0.05) is 18.2 Å². The predicted molar refractivity (Wildman–Crippen MR) is 58.1 cm³/mol. The van der Waals surface area contributed by atoms with Crippen LogP contribution >= 0.6 is 0 Å². The van der Waals surface area contributed by atoms with Crippen molar-refractivity contribution >= 4 is 17.5 Å². The van der Waals surface area contributed by atoms with E-state index in [9.17, 15) is 9.59 Å². The number of hydrogen-bond acceptors (Lipinski definition) is 2. The molecule has 0 saturated carbocycles. The smallest absolute Gasteiger partial charge is 0.224 e. The van der Waals surface area contributed by atoms with Gasteiger partial charge in [-0.2, -0.15) is 0 Å². The average Bonchev–Trinajstić information content (AvgIpc) is 2.18. The zero-order valence-corrected chi connectivity index (χ0v) is 8.40. The highest BCUT2D eigenvalue weighted by Gasteiger charge is 2.02. The average molecular weight is 206 g/mol. The number of carbonyl (C=O) groups excluding carboxylic acids is 2. The molecule has 4 nitrogen and oxygen atoms in total. The van der Waals surface area contributed by atoms with Crippen LogP contribution in [0.3, 0.4) is 0 Å². The molecule has 0 unspecified atom stereocenters. The van der Waals surface area contributed by atoms with E-state index in [4.69, 9.17) is 5.73 Å². The lowest BCUT2D eigenvalue weighted by molar-refractivity contribution is -0.118. The van der Waals surface area contributed by atoms with Crippen molar-refractivity contribution in [3.63, 3.8) is 0 Å². The van der Waals surface area contributed by atoms with Gasteiger partial charge in [0.15, 0.2) is 0 Å². The molecule has 0 aliphatic carbocycles. The Morgan fingerprint density at radius 3 is 2.40 bits per heavy atom. The second-order valence-electron chi connectivity index (χ2n) is 3.23. The zero-order chi connectivity index (χ0) is 11.1. The van der Waals surface area contributed by atoms with Gasteiger partial charge in [0.05, 0.1) is 0 Å². The third-order valence-electron chi connectivity index (χ3n) is 1.88. The molecule has 0 aromatic heterocycles. The molecule has 15 heavy (non-hydrogen) atoms. The van der Waals surface area contributed by atoms with Gasteiger partial charge in [0.2, 0.25) is 11.8 Å².